The van der Waals surface area contributed by atoms with Gasteiger partial charge in [-0.1, -0.05) is 6.92 Å². The summed E-state index contributed by atoms with van der Waals surface area (Å²) in [6, 6.07) is 0.576. The zero-order chi connectivity index (χ0) is 12.3. The molecule has 3 nitrogen and oxygen atoms in total. The zero-order valence-corrected chi connectivity index (χ0v) is 11.8. The van der Waals surface area contributed by atoms with Crippen molar-refractivity contribution in [3.8, 4) is 0 Å². The van der Waals surface area contributed by atoms with E-state index in [0.717, 1.165) is 24.6 Å². The maximum Gasteiger partial charge on any atom is 0.239 e. The largest absolute Gasteiger partial charge is 0.341 e. The van der Waals surface area contributed by atoms with Crippen LogP contribution in [0.1, 0.15) is 39.0 Å². The molecule has 2 aliphatic rings. The monoisotopic (exact) mass is 256 g/mol. The number of thioether (sulfide) groups is 1. The number of nitrogens with zero attached hydrogens (tertiary/aromatic N) is 1. The van der Waals surface area contributed by atoms with Gasteiger partial charge in [-0.25, -0.2) is 0 Å². The number of carbonyl (C=O) groups is 1. The lowest BCUT2D eigenvalue weighted by molar-refractivity contribution is -0.133. The van der Waals surface area contributed by atoms with Gasteiger partial charge in [-0.15, -0.1) is 0 Å². The summed E-state index contributed by atoms with van der Waals surface area (Å²) in [6.45, 7) is 3.22. The molecule has 0 bridgehead atoms. The van der Waals surface area contributed by atoms with E-state index in [1.807, 2.05) is 11.9 Å². The molecule has 1 saturated carbocycles. The summed E-state index contributed by atoms with van der Waals surface area (Å²) in [5.74, 6) is 1.51. The Labute approximate surface area is 109 Å². The second-order valence-corrected chi connectivity index (χ2v) is 6.72. The van der Waals surface area contributed by atoms with E-state index in [-0.39, 0.29) is 6.04 Å². The van der Waals surface area contributed by atoms with E-state index in [1.54, 1.807) is 0 Å². The van der Waals surface area contributed by atoms with Crippen LogP contribution in [0.2, 0.25) is 0 Å². The number of nitrogens with one attached hydrogen (secondary N) is 1. The predicted molar refractivity (Wildman–Crippen MR) is 73.4 cm³/mol. The van der Waals surface area contributed by atoms with Crippen molar-refractivity contribution in [2.45, 2.75) is 56.4 Å². The average molecular weight is 256 g/mol. The Balaban J connectivity index is 1.83. The Hall–Kier alpha value is -0.220. The molecule has 0 aromatic rings. The van der Waals surface area contributed by atoms with Gasteiger partial charge in [0, 0.05) is 18.3 Å². The van der Waals surface area contributed by atoms with Gasteiger partial charge in [0.25, 0.3) is 0 Å². The number of hydrogen-bond donors (Lipinski definition) is 1. The number of likely N-dealkylation sites (N-methyl/N-ethyl adjacent to an activating group) is 1. The van der Waals surface area contributed by atoms with Gasteiger partial charge in [0.2, 0.25) is 5.91 Å². The van der Waals surface area contributed by atoms with Gasteiger partial charge < -0.3 is 10.2 Å². The van der Waals surface area contributed by atoms with Gasteiger partial charge in [-0.05, 0) is 44.4 Å². The van der Waals surface area contributed by atoms with E-state index in [2.05, 4.69) is 24.0 Å². The molecule has 0 spiro atoms. The number of hydrogen-bond acceptors (Lipinski definition) is 3. The Morgan fingerprint density at radius 1 is 1.41 bits per heavy atom. The third-order valence-corrected chi connectivity index (χ3v) is 5.25. The second-order valence-electron chi connectivity index (χ2n) is 5.14. The van der Waals surface area contributed by atoms with Crippen LogP contribution in [0.4, 0.5) is 0 Å². The summed E-state index contributed by atoms with van der Waals surface area (Å²) in [5, 5.41) is 4.08. The first-order valence-corrected chi connectivity index (χ1v) is 7.89. The molecule has 1 aliphatic carbocycles. The van der Waals surface area contributed by atoms with Crippen LogP contribution in [0.5, 0.6) is 0 Å². The highest BCUT2D eigenvalue weighted by Crippen LogP contribution is 2.32. The minimum absolute atomic E-state index is 0.0953. The molecule has 17 heavy (non-hydrogen) atoms. The van der Waals surface area contributed by atoms with Crippen molar-refractivity contribution in [3.05, 3.63) is 0 Å². The van der Waals surface area contributed by atoms with Crippen LogP contribution in [-0.2, 0) is 4.79 Å². The van der Waals surface area contributed by atoms with Crippen molar-refractivity contribution in [1.82, 2.24) is 10.2 Å². The first-order chi connectivity index (χ1) is 8.22. The van der Waals surface area contributed by atoms with Crippen LogP contribution in [0.3, 0.4) is 0 Å². The minimum Gasteiger partial charge on any atom is -0.341 e. The van der Waals surface area contributed by atoms with Crippen LogP contribution in [0, 0.1) is 0 Å². The molecular formula is C13H24N2OS. The van der Waals surface area contributed by atoms with Crippen LogP contribution in [0.25, 0.3) is 0 Å². The summed E-state index contributed by atoms with van der Waals surface area (Å²) in [7, 11) is 1.99. The molecule has 1 amide bonds. The van der Waals surface area contributed by atoms with E-state index < -0.39 is 0 Å². The minimum atomic E-state index is 0.0953. The molecule has 0 radical (unpaired) electrons. The van der Waals surface area contributed by atoms with Crippen LogP contribution < -0.4 is 5.32 Å². The molecule has 1 aliphatic heterocycles. The summed E-state index contributed by atoms with van der Waals surface area (Å²) < 4.78 is 0. The van der Waals surface area contributed by atoms with Crippen molar-refractivity contribution in [2.24, 2.45) is 0 Å². The van der Waals surface area contributed by atoms with Crippen molar-refractivity contribution in [3.63, 3.8) is 0 Å². The summed E-state index contributed by atoms with van der Waals surface area (Å²) in [6.07, 6.45) is 5.81. The van der Waals surface area contributed by atoms with Crippen molar-refractivity contribution < 1.29 is 4.79 Å². The Morgan fingerprint density at radius 2 is 2.24 bits per heavy atom. The maximum atomic E-state index is 12.3. The molecule has 1 N–H and O–H groups in total. The summed E-state index contributed by atoms with van der Waals surface area (Å²) in [5.41, 5.74) is 0. The normalized spacial score (nSPS) is 32.9. The summed E-state index contributed by atoms with van der Waals surface area (Å²) in [4.78, 5) is 14.3. The van der Waals surface area contributed by atoms with E-state index >= 15 is 0 Å². The van der Waals surface area contributed by atoms with Crippen LogP contribution in [-0.4, -0.2) is 47.5 Å². The predicted octanol–water partition coefficient (Wildman–Crippen LogP) is 1.87. The van der Waals surface area contributed by atoms with Crippen LogP contribution >= 0.6 is 11.8 Å². The highest BCUT2D eigenvalue weighted by molar-refractivity contribution is 7.99. The molecule has 0 aromatic heterocycles. The molecule has 98 valence electrons. The van der Waals surface area contributed by atoms with E-state index in [9.17, 15) is 4.79 Å². The summed E-state index contributed by atoms with van der Waals surface area (Å²) >= 11 is 2.05. The molecule has 3 unspecified atom stereocenters. The standard InChI is InChI=1S/C13H24N2OS/c1-3-17-11-7-6-10(9-11)15(2)13(16)12-5-4-8-14-12/h10-12,14H,3-9H2,1-2H3. The fourth-order valence-corrected chi connectivity index (χ4v) is 4.11. The van der Waals surface area contributed by atoms with E-state index in [0.29, 0.717) is 11.9 Å². The van der Waals surface area contributed by atoms with Crippen molar-refractivity contribution in [1.29, 1.82) is 0 Å². The third kappa shape index (κ3) is 3.16. The van der Waals surface area contributed by atoms with E-state index in [1.165, 1.54) is 25.0 Å². The number of rotatable bonds is 4. The molecule has 0 aromatic carbocycles. The van der Waals surface area contributed by atoms with Crippen molar-refractivity contribution >= 4 is 17.7 Å². The average Bonchev–Trinajstić information content (AvgIpc) is 2.98. The zero-order valence-electron chi connectivity index (χ0n) is 10.9. The maximum absolute atomic E-state index is 12.3. The molecule has 4 heteroatoms. The molecule has 3 atom stereocenters. The molecule has 1 heterocycles. The van der Waals surface area contributed by atoms with Crippen LogP contribution in [0.15, 0.2) is 0 Å². The first-order valence-electron chi connectivity index (χ1n) is 6.84. The van der Waals surface area contributed by atoms with Gasteiger partial charge >= 0.3 is 0 Å². The lowest BCUT2D eigenvalue weighted by atomic mass is 10.1. The Bertz CT molecular complexity index is 266. The van der Waals surface area contributed by atoms with Gasteiger partial charge in [0.05, 0.1) is 6.04 Å². The Morgan fingerprint density at radius 3 is 2.88 bits per heavy atom. The van der Waals surface area contributed by atoms with Gasteiger partial charge in [0.1, 0.15) is 0 Å². The highest BCUT2D eigenvalue weighted by Gasteiger charge is 2.33. The first kappa shape index (κ1) is 13.2. The quantitative estimate of drug-likeness (QED) is 0.833. The fraction of sp³-hybridized carbons (Fsp3) is 0.923. The Kier molecular flexibility index (Phi) is 4.74. The van der Waals surface area contributed by atoms with Crippen molar-refractivity contribution in [2.75, 3.05) is 19.3 Å². The number of amides is 1. The van der Waals surface area contributed by atoms with Gasteiger partial charge in [-0.2, -0.15) is 11.8 Å². The number of carbonyl (C=O) groups excluding carboxylic acids is 1. The van der Waals surface area contributed by atoms with E-state index in [4.69, 9.17) is 0 Å². The lowest BCUT2D eigenvalue weighted by Gasteiger charge is -2.27. The third-order valence-electron chi connectivity index (χ3n) is 4.01. The molecule has 2 rings (SSSR count). The lowest BCUT2D eigenvalue weighted by Crippen LogP contribution is -2.45. The molecule has 1 saturated heterocycles. The topological polar surface area (TPSA) is 32.3 Å². The van der Waals surface area contributed by atoms with Gasteiger partial charge in [-0.3, -0.25) is 4.79 Å². The smallest absolute Gasteiger partial charge is 0.239 e. The molecular weight excluding hydrogens is 232 g/mol. The second kappa shape index (κ2) is 6.10. The SMILES string of the molecule is CCSC1CCC(N(C)C(=O)C2CCCN2)C1. The molecule has 2 fully saturated rings. The highest BCUT2D eigenvalue weighted by atomic mass is 32.2. The van der Waals surface area contributed by atoms with Gasteiger partial charge in [0.15, 0.2) is 0 Å². The fourth-order valence-electron chi connectivity index (χ4n) is 2.98.